The molecule has 0 spiro atoms. The zero-order chi connectivity index (χ0) is 19.1. The number of carbonyl (C=O) groups is 1. The summed E-state index contributed by atoms with van der Waals surface area (Å²) in [7, 11) is 0. The van der Waals surface area contributed by atoms with Crippen molar-refractivity contribution in [2.75, 3.05) is 11.1 Å². The Morgan fingerprint density at radius 1 is 1.22 bits per heavy atom. The monoisotopic (exact) mass is 378 g/mol. The van der Waals surface area contributed by atoms with Gasteiger partial charge < -0.3 is 9.73 Å². The number of aromatic nitrogens is 2. The fourth-order valence-corrected chi connectivity index (χ4v) is 3.11. The first-order valence-corrected chi connectivity index (χ1v) is 9.43. The summed E-state index contributed by atoms with van der Waals surface area (Å²) < 4.78 is 5.63. The number of carbonyl (C=O) groups excluding carboxylic acids is 1. The van der Waals surface area contributed by atoms with Crippen LogP contribution in [-0.2, 0) is 11.2 Å². The molecule has 1 unspecified atom stereocenters. The van der Waals surface area contributed by atoms with E-state index in [0.717, 1.165) is 0 Å². The number of nitriles is 1. The zero-order valence-electron chi connectivity index (χ0n) is 14.8. The molecule has 27 heavy (non-hydrogen) atoms. The molecule has 1 aromatic heterocycles. The number of thioether (sulfide) groups is 1. The average molecular weight is 378 g/mol. The molecule has 1 atom stereocenters. The standard InChI is InChI=1S/C20H18N4O2S/c1-14(16-7-3-2-4-8-16)10-19-23-24-20(26-19)27-13-18(25)22-17-9-5-6-15(11-17)12-21/h2-9,11,14H,10,13H2,1H3,(H,22,25). The van der Waals surface area contributed by atoms with E-state index in [1.165, 1.54) is 17.3 Å². The molecule has 0 bridgehead atoms. The van der Waals surface area contributed by atoms with Crippen molar-refractivity contribution >= 4 is 23.4 Å². The van der Waals surface area contributed by atoms with Crippen molar-refractivity contribution in [2.24, 2.45) is 0 Å². The van der Waals surface area contributed by atoms with Crippen LogP contribution >= 0.6 is 11.8 Å². The molecule has 6 nitrogen and oxygen atoms in total. The summed E-state index contributed by atoms with van der Waals surface area (Å²) in [5.41, 5.74) is 2.29. The molecule has 136 valence electrons. The number of amides is 1. The Bertz CT molecular complexity index is 950. The van der Waals surface area contributed by atoms with E-state index in [2.05, 4.69) is 34.6 Å². The molecular weight excluding hydrogens is 360 g/mol. The van der Waals surface area contributed by atoms with E-state index >= 15 is 0 Å². The minimum Gasteiger partial charge on any atom is -0.416 e. The van der Waals surface area contributed by atoms with Crippen LogP contribution in [0.1, 0.15) is 29.9 Å². The molecule has 1 amide bonds. The first kappa shape index (κ1) is 18.7. The highest BCUT2D eigenvalue weighted by Gasteiger charge is 2.14. The number of benzene rings is 2. The molecule has 0 aliphatic heterocycles. The highest BCUT2D eigenvalue weighted by Crippen LogP contribution is 2.22. The maximum absolute atomic E-state index is 12.1. The summed E-state index contributed by atoms with van der Waals surface area (Å²) in [6.45, 7) is 2.11. The Hall–Kier alpha value is -3.11. The molecule has 3 rings (SSSR count). The molecule has 0 aliphatic carbocycles. The van der Waals surface area contributed by atoms with E-state index < -0.39 is 0 Å². The van der Waals surface area contributed by atoms with Gasteiger partial charge in [-0.15, -0.1) is 10.2 Å². The van der Waals surface area contributed by atoms with Gasteiger partial charge in [-0.2, -0.15) is 5.26 Å². The van der Waals surface area contributed by atoms with E-state index in [-0.39, 0.29) is 17.6 Å². The van der Waals surface area contributed by atoms with Gasteiger partial charge in [-0.05, 0) is 29.7 Å². The predicted octanol–water partition coefficient (Wildman–Crippen LogP) is 4.02. The van der Waals surface area contributed by atoms with Crippen LogP contribution in [0.25, 0.3) is 0 Å². The Morgan fingerprint density at radius 3 is 2.81 bits per heavy atom. The average Bonchev–Trinajstić information content (AvgIpc) is 3.14. The fourth-order valence-electron chi connectivity index (χ4n) is 2.53. The van der Waals surface area contributed by atoms with E-state index in [0.29, 0.717) is 28.8 Å². The minimum absolute atomic E-state index is 0.145. The quantitative estimate of drug-likeness (QED) is 0.624. The van der Waals surface area contributed by atoms with Crippen molar-refractivity contribution in [3.8, 4) is 6.07 Å². The van der Waals surface area contributed by atoms with Gasteiger partial charge in [-0.25, -0.2) is 0 Å². The first-order valence-electron chi connectivity index (χ1n) is 8.44. The Kier molecular flexibility index (Phi) is 6.23. The normalized spacial score (nSPS) is 11.6. The largest absolute Gasteiger partial charge is 0.416 e. The molecule has 3 aromatic rings. The predicted molar refractivity (Wildman–Crippen MR) is 103 cm³/mol. The molecule has 1 heterocycles. The summed E-state index contributed by atoms with van der Waals surface area (Å²) in [4.78, 5) is 12.1. The lowest BCUT2D eigenvalue weighted by Gasteiger charge is -2.08. The van der Waals surface area contributed by atoms with Crippen molar-refractivity contribution in [1.29, 1.82) is 5.26 Å². The third-order valence-corrected chi connectivity index (χ3v) is 4.72. The lowest BCUT2D eigenvalue weighted by atomic mass is 9.98. The van der Waals surface area contributed by atoms with Crippen LogP contribution in [0.2, 0.25) is 0 Å². The summed E-state index contributed by atoms with van der Waals surface area (Å²) in [5.74, 6) is 0.760. The van der Waals surface area contributed by atoms with Crippen molar-refractivity contribution in [3.63, 3.8) is 0 Å². The maximum Gasteiger partial charge on any atom is 0.277 e. The number of hydrogen-bond donors (Lipinski definition) is 1. The van der Waals surface area contributed by atoms with Gasteiger partial charge in [-0.3, -0.25) is 4.79 Å². The number of rotatable bonds is 7. The van der Waals surface area contributed by atoms with Gasteiger partial charge in [0.2, 0.25) is 11.8 Å². The molecule has 0 saturated carbocycles. The SMILES string of the molecule is CC(Cc1nnc(SCC(=O)Nc2cccc(C#N)c2)o1)c1ccccc1. The number of nitrogens with one attached hydrogen (secondary N) is 1. The summed E-state index contributed by atoms with van der Waals surface area (Å²) in [6, 6.07) is 18.9. The fraction of sp³-hybridized carbons (Fsp3) is 0.200. The van der Waals surface area contributed by atoms with Crippen LogP contribution in [0.3, 0.4) is 0 Å². The molecule has 7 heteroatoms. The van der Waals surface area contributed by atoms with Gasteiger partial charge in [-0.1, -0.05) is 55.1 Å². The van der Waals surface area contributed by atoms with Crippen LogP contribution in [-0.4, -0.2) is 21.9 Å². The molecule has 2 aromatic carbocycles. The van der Waals surface area contributed by atoms with Crippen LogP contribution in [0, 0.1) is 11.3 Å². The summed E-state index contributed by atoms with van der Waals surface area (Å²) in [6.07, 6.45) is 0.644. The van der Waals surface area contributed by atoms with Crippen LogP contribution < -0.4 is 5.32 Å². The molecule has 0 radical (unpaired) electrons. The Labute approximate surface area is 161 Å². The van der Waals surface area contributed by atoms with Gasteiger partial charge in [0.15, 0.2) is 0 Å². The van der Waals surface area contributed by atoms with Crippen molar-refractivity contribution in [3.05, 3.63) is 71.6 Å². The van der Waals surface area contributed by atoms with Crippen molar-refractivity contribution in [2.45, 2.75) is 24.5 Å². The minimum atomic E-state index is -0.201. The lowest BCUT2D eigenvalue weighted by Crippen LogP contribution is -2.14. The Morgan fingerprint density at radius 2 is 2.04 bits per heavy atom. The van der Waals surface area contributed by atoms with Crippen LogP contribution in [0.15, 0.2) is 64.2 Å². The molecule has 0 aliphatic rings. The number of nitrogens with zero attached hydrogens (tertiary/aromatic N) is 3. The zero-order valence-corrected chi connectivity index (χ0v) is 15.6. The second kappa shape index (κ2) is 9.01. The maximum atomic E-state index is 12.1. The van der Waals surface area contributed by atoms with Crippen molar-refractivity contribution < 1.29 is 9.21 Å². The van der Waals surface area contributed by atoms with Crippen molar-refractivity contribution in [1.82, 2.24) is 10.2 Å². The second-order valence-corrected chi connectivity index (χ2v) is 6.93. The number of anilines is 1. The third-order valence-electron chi connectivity index (χ3n) is 3.90. The van der Waals surface area contributed by atoms with E-state index in [1.807, 2.05) is 24.3 Å². The van der Waals surface area contributed by atoms with Gasteiger partial charge in [0, 0.05) is 12.1 Å². The highest BCUT2D eigenvalue weighted by atomic mass is 32.2. The van der Waals surface area contributed by atoms with Gasteiger partial charge in [0.05, 0.1) is 17.4 Å². The smallest absolute Gasteiger partial charge is 0.277 e. The van der Waals surface area contributed by atoms with E-state index in [1.54, 1.807) is 24.3 Å². The molecule has 0 fully saturated rings. The first-order chi connectivity index (χ1) is 13.1. The Balaban J connectivity index is 1.50. The van der Waals surface area contributed by atoms with Gasteiger partial charge in [0.25, 0.3) is 5.22 Å². The molecule has 1 N–H and O–H groups in total. The molecular formula is C20H18N4O2S. The van der Waals surface area contributed by atoms with Gasteiger partial charge >= 0.3 is 0 Å². The van der Waals surface area contributed by atoms with E-state index in [9.17, 15) is 4.79 Å². The third kappa shape index (κ3) is 5.43. The highest BCUT2D eigenvalue weighted by molar-refractivity contribution is 7.99. The lowest BCUT2D eigenvalue weighted by molar-refractivity contribution is -0.113. The van der Waals surface area contributed by atoms with Crippen LogP contribution in [0.4, 0.5) is 5.69 Å². The second-order valence-electron chi connectivity index (χ2n) is 6.01. The van der Waals surface area contributed by atoms with E-state index in [4.69, 9.17) is 9.68 Å². The summed E-state index contributed by atoms with van der Waals surface area (Å²) >= 11 is 1.18. The topological polar surface area (TPSA) is 91.8 Å². The van der Waals surface area contributed by atoms with Gasteiger partial charge in [0.1, 0.15) is 0 Å². The molecule has 0 saturated heterocycles. The summed E-state index contributed by atoms with van der Waals surface area (Å²) in [5, 5.41) is 20.1. The van der Waals surface area contributed by atoms with Crippen LogP contribution in [0.5, 0.6) is 0 Å². The number of hydrogen-bond acceptors (Lipinski definition) is 6.